The minimum absolute atomic E-state index is 0.0250. The highest BCUT2D eigenvalue weighted by molar-refractivity contribution is 7.89. The molecule has 0 heterocycles. The quantitative estimate of drug-likeness (QED) is 0.125. The molecule has 0 saturated carbocycles. The largest absolute Gasteiger partial charge is 0.493 e. The Bertz CT molecular complexity index is 1510. The summed E-state index contributed by atoms with van der Waals surface area (Å²) in [7, 11) is -4.09. The molecule has 7 nitrogen and oxygen atoms in total. The van der Waals surface area contributed by atoms with Crippen LogP contribution in [0.2, 0.25) is 10.0 Å². The lowest BCUT2D eigenvalue weighted by Gasteiger charge is -2.33. The normalized spacial score (nSPS) is 16.3. The lowest BCUT2D eigenvalue weighted by molar-refractivity contribution is 0.241. The smallest absolute Gasteiger partial charge is 0.322 e. The number of amides is 1. The number of carbonyl (C=O) groups excluding carboxylic acids is 1. The van der Waals surface area contributed by atoms with Crippen molar-refractivity contribution in [1.82, 2.24) is 9.62 Å². The third kappa shape index (κ3) is 8.97. The van der Waals surface area contributed by atoms with Crippen molar-refractivity contribution < 1.29 is 17.9 Å². The average molecular weight is 676 g/mol. The summed E-state index contributed by atoms with van der Waals surface area (Å²) < 4.78 is 35.5. The van der Waals surface area contributed by atoms with E-state index in [-0.39, 0.29) is 46.1 Å². The second kappa shape index (κ2) is 13.7. The van der Waals surface area contributed by atoms with Crippen LogP contribution in [0.5, 0.6) is 5.75 Å². The van der Waals surface area contributed by atoms with E-state index >= 15 is 0 Å². The lowest BCUT2D eigenvalue weighted by Crippen LogP contribution is -2.41. The Balaban J connectivity index is 2.32. The zero-order valence-corrected chi connectivity index (χ0v) is 28.2. The molecule has 12 heteroatoms. The summed E-state index contributed by atoms with van der Waals surface area (Å²) in [5.41, 5.74) is -0.620. The number of carbonyl (C=O) groups is 1. The minimum atomic E-state index is -4.09. The van der Waals surface area contributed by atoms with Gasteiger partial charge in [0.25, 0.3) is 0 Å². The first-order valence-electron chi connectivity index (χ1n) is 13.3. The molecule has 42 heavy (non-hydrogen) atoms. The van der Waals surface area contributed by atoms with Gasteiger partial charge in [-0.05, 0) is 89.4 Å². The highest BCUT2D eigenvalue weighted by atomic mass is 35.5. The van der Waals surface area contributed by atoms with Crippen LogP contribution in [0.1, 0.15) is 59.1 Å². The van der Waals surface area contributed by atoms with Crippen molar-refractivity contribution in [3.05, 3.63) is 80.8 Å². The van der Waals surface area contributed by atoms with E-state index in [0.717, 1.165) is 5.56 Å². The summed E-state index contributed by atoms with van der Waals surface area (Å²) in [6, 6.07) is 9.73. The molecule has 0 spiro atoms. The summed E-state index contributed by atoms with van der Waals surface area (Å²) in [5, 5.41) is 0.292. The van der Waals surface area contributed by atoms with Crippen LogP contribution in [0.15, 0.2) is 69.5 Å². The van der Waals surface area contributed by atoms with Gasteiger partial charge in [-0.25, -0.2) is 13.1 Å². The topological polar surface area (TPSA) is 88.1 Å². The van der Waals surface area contributed by atoms with Gasteiger partial charge in [0.2, 0.25) is 10.0 Å². The Kier molecular flexibility index (Phi) is 11.2. The Hall–Kier alpha value is -2.07. The molecule has 0 aromatic heterocycles. The molecule has 0 radical (unpaired) electrons. The highest BCUT2D eigenvalue weighted by Gasteiger charge is 2.34. The zero-order valence-electron chi connectivity index (χ0n) is 24.3. The molecule has 0 bridgehead atoms. The molecular formula is C30H35Cl4N3O4S. The number of hydrogen-bond acceptors (Lipinski definition) is 5. The first-order chi connectivity index (χ1) is 19.4. The van der Waals surface area contributed by atoms with Gasteiger partial charge in [0, 0.05) is 27.6 Å². The first-order valence-corrected chi connectivity index (χ1v) is 16.3. The van der Waals surface area contributed by atoms with Crippen LogP contribution < -0.4 is 9.46 Å². The van der Waals surface area contributed by atoms with Crippen molar-refractivity contribution in [3.8, 4) is 5.75 Å². The molecule has 0 aliphatic heterocycles. The van der Waals surface area contributed by atoms with E-state index in [9.17, 15) is 13.2 Å². The van der Waals surface area contributed by atoms with E-state index in [1.807, 2.05) is 32.1 Å². The molecule has 1 unspecified atom stereocenters. The Labute approximate surface area is 268 Å². The maximum absolute atomic E-state index is 13.5. The maximum Gasteiger partial charge on any atom is 0.322 e. The fourth-order valence-electron chi connectivity index (χ4n) is 4.38. The number of amidine groups is 1. The molecule has 3 rings (SSSR count). The molecule has 2 aromatic rings. The molecule has 1 amide bonds. The molecule has 0 fully saturated rings. The van der Waals surface area contributed by atoms with Crippen LogP contribution >= 0.6 is 46.4 Å². The zero-order chi connectivity index (χ0) is 31.5. The van der Waals surface area contributed by atoms with Gasteiger partial charge in [0.05, 0.1) is 29.3 Å². The highest BCUT2D eigenvalue weighted by Crippen LogP contribution is 2.36. The Morgan fingerprint density at radius 1 is 1.10 bits per heavy atom. The molecule has 228 valence electrons. The third-order valence-corrected chi connectivity index (χ3v) is 9.34. The van der Waals surface area contributed by atoms with Crippen LogP contribution in [-0.2, 0) is 16.6 Å². The SMILES string of the molecule is CCOc1cc(Cl)c(S(=O)(=O)NC(C)(C)C)cc1/C(=N/C(C)(C)C1C=CC(Cl)=CC1)N(Cc1ccc(Cl)cc1)C(=O)Cl. The van der Waals surface area contributed by atoms with E-state index in [1.54, 1.807) is 52.0 Å². The van der Waals surface area contributed by atoms with E-state index in [0.29, 0.717) is 16.5 Å². The molecular weight excluding hydrogens is 640 g/mol. The minimum Gasteiger partial charge on any atom is -0.493 e. The van der Waals surface area contributed by atoms with Gasteiger partial charge in [0.15, 0.2) is 0 Å². The summed E-state index contributed by atoms with van der Waals surface area (Å²) >= 11 is 25.0. The maximum atomic E-state index is 13.5. The number of hydrogen-bond donors (Lipinski definition) is 1. The van der Waals surface area contributed by atoms with Crippen LogP contribution in [0.25, 0.3) is 0 Å². The lowest BCUT2D eigenvalue weighted by atomic mass is 9.83. The first kappa shape index (κ1) is 34.4. The van der Waals surface area contributed by atoms with Gasteiger partial charge in [-0.15, -0.1) is 0 Å². The van der Waals surface area contributed by atoms with Crippen LogP contribution in [0, 0.1) is 5.92 Å². The Morgan fingerprint density at radius 2 is 1.74 bits per heavy atom. The second-order valence-corrected chi connectivity index (χ2v) is 14.7. The van der Waals surface area contributed by atoms with Crippen LogP contribution in [-0.4, -0.2) is 42.2 Å². The number of rotatable bonds is 9. The molecule has 2 aromatic carbocycles. The number of halogens is 4. The van der Waals surface area contributed by atoms with Crippen molar-refractivity contribution >= 4 is 67.6 Å². The third-order valence-electron chi connectivity index (χ3n) is 6.38. The monoisotopic (exact) mass is 673 g/mol. The summed E-state index contributed by atoms with van der Waals surface area (Å²) in [6.45, 7) is 11.1. The molecule has 1 aliphatic rings. The number of allylic oxidation sites excluding steroid dienone is 3. The average Bonchev–Trinajstić information content (AvgIpc) is 2.86. The summed E-state index contributed by atoms with van der Waals surface area (Å²) in [4.78, 5) is 19.3. The number of benzene rings is 2. The van der Waals surface area contributed by atoms with Crippen molar-refractivity contribution in [1.29, 1.82) is 0 Å². The van der Waals surface area contributed by atoms with Gasteiger partial charge in [-0.1, -0.05) is 59.1 Å². The fourth-order valence-corrected chi connectivity index (χ4v) is 6.77. The van der Waals surface area contributed by atoms with Gasteiger partial charge < -0.3 is 4.74 Å². The van der Waals surface area contributed by atoms with Crippen LogP contribution in [0.3, 0.4) is 0 Å². The standard InChI is InChI=1S/C30H35Cl4N3O4S/c1-7-41-25-17-24(33)26(42(39,40)36-29(2,3)4)16-23(25)27(35-30(5,6)20-10-14-22(32)15-11-20)37(28(34)38)18-19-8-12-21(31)13-9-19/h8-10,12-17,20,36H,7,11,18H2,1-6H3/b35-27-. The molecule has 1 N–H and O–H groups in total. The van der Waals surface area contributed by atoms with Gasteiger partial charge >= 0.3 is 5.37 Å². The molecule has 1 atom stereocenters. The predicted molar refractivity (Wildman–Crippen MR) is 173 cm³/mol. The van der Waals surface area contributed by atoms with Gasteiger partial charge in [-0.3, -0.25) is 14.7 Å². The number of nitrogens with one attached hydrogen (secondary N) is 1. The van der Waals surface area contributed by atoms with Crippen molar-refractivity contribution in [2.45, 2.75) is 70.5 Å². The van der Waals surface area contributed by atoms with Gasteiger partial charge in [-0.2, -0.15) is 0 Å². The molecule has 1 aliphatic carbocycles. The van der Waals surface area contributed by atoms with E-state index in [4.69, 9.17) is 56.1 Å². The fraction of sp³-hybridized carbons (Fsp3) is 0.400. The number of nitrogens with zero attached hydrogens (tertiary/aromatic N) is 2. The van der Waals surface area contributed by atoms with Crippen molar-refractivity contribution in [2.75, 3.05) is 6.61 Å². The van der Waals surface area contributed by atoms with E-state index in [1.165, 1.54) is 17.0 Å². The Morgan fingerprint density at radius 3 is 2.26 bits per heavy atom. The van der Waals surface area contributed by atoms with Crippen LogP contribution in [0.4, 0.5) is 4.79 Å². The predicted octanol–water partition coefficient (Wildman–Crippen LogP) is 8.55. The number of aliphatic imine (C=N–C) groups is 1. The summed E-state index contributed by atoms with van der Waals surface area (Å²) in [6.07, 6.45) is 6.28. The van der Waals surface area contributed by atoms with Crippen molar-refractivity contribution in [2.24, 2.45) is 10.9 Å². The van der Waals surface area contributed by atoms with E-state index < -0.39 is 26.5 Å². The second-order valence-electron chi connectivity index (χ2n) is 11.4. The molecule has 0 saturated heterocycles. The van der Waals surface area contributed by atoms with Crippen molar-refractivity contribution in [3.63, 3.8) is 0 Å². The summed E-state index contributed by atoms with van der Waals surface area (Å²) in [5.74, 6) is 0.274. The van der Waals surface area contributed by atoms with Gasteiger partial charge in [0.1, 0.15) is 16.5 Å². The van der Waals surface area contributed by atoms with E-state index in [2.05, 4.69) is 4.72 Å². The number of ether oxygens (including phenoxy) is 1. The number of sulfonamides is 1.